The molecule has 2 rings (SSSR count). The SMILES string of the molecule is O=P(OCCSc1cccc2c(SCCOP(=O)(N(CCCl)CCCl)N(CCCl)CCCl)cccc12)(N(CCCl)CCCl)N(CCCl)CCCl. The van der Waals surface area contributed by atoms with Gasteiger partial charge in [-0.25, -0.2) is 18.7 Å². The van der Waals surface area contributed by atoms with Gasteiger partial charge in [-0.15, -0.1) is 116 Å². The van der Waals surface area contributed by atoms with Crippen LogP contribution in [0.2, 0.25) is 0 Å². The molecule has 288 valence electrons. The Kier molecular flexibility index (Phi) is 26.5. The molecule has 20 heteroatoms. The number of hydrogen-bond acceptors (Lipinski definition) is 6. The molecule has 0 amide bonds. The van der Waals surface area contributed by atoms with E-state index in [9.17, 15) is 9.13 Å². The van der Waals surface area contributed by atoms with Crippen molar-refractivity contribution in [3.05, 3.63) is 36.4 Å². The van der Waals surface area contributed by atoms with Crippen LogP contribution in [0.5, 0.6) is 0 Å². The number of halogens is 8. The molecule has 0 saturated heterocycles. The minimum atomic E-state index is -3.49. The van der Waals surface area contributed by atoms with Crippen molar-refractivity contribution in [1.82, 2.24) is 18.7 Å². The van der Waals surface area contributed by atoms with Crippen LogP contribution in [0.15, 0.2) is 46.2 Å². The van der Waals surface area contributed by atoms with Crippen molar-refractivity contribution in [3.8, 4) is 0 Å². The molecule has 0 fully saturated rings. The summed E-state index contributed by atoms with van der Waals surface area (Å²) in [5.74, 6) is 3.31. The lowest BCUT2D eigenvalue weighted by atomic mass is 10.1. The van der Waals surface area contributed by atoms with Crippen molar-refractivity contribution in [2.24, 2.45) is 0 Å². The highest BCUT2D eigenvalue weighted by Crippen LogP contribution is 2.55. The second-order valence-electron chi connectivity index (χ2n) is 10.3. The Morgan fingerprint density at radius 1 is 0.460 bits per heavy atom. The molecule has 0 unspecified atom stereocenters. The molecule has 0 atom stereocenters. The monoisotopic (exact) mass is 932 g/mol. The Bertz CT molecular complexity index is 1170. The lowest BCUT2D eigenvalue weighted by Crippen LogP contribution is -2.37. The molecule has 0 aliphatic rings. The molecule has 0 bridgehead atoms. The lowest BCUT2D eigenvalue weighted by molar-refractivity contribution is 0.226. The molecule has 0 N–H and O–H groups in total. The maximum atomic E-state index is 14.4. The quantitative estimate of drug-likeness (QED) is 0.0328. The molecule has 2 aromatic carbocycles. The molecule has 0 heterocycles. The third-order valence-electron chi connectivity index (χ3n) is 7.21. The maximum Gasteiger partial charge on any atom is 0.346 e. The summed E-state index contributed by atoms with van der Waals surface area (Å²) in [6.07, 6.45) is 0. The molecular formula is C30H46Cl8N4O4P2S2. The molecular weight excluding hydrogens is 890 g/mol. The number of rotatable bonds is 30. The maximum absolute atomic E-state index is 14.4. The number of alkyl halides is 8. The van der Waals surface area contributed by atoms with Gasteiger partial charge < -0.3 is 9.05 Å². The van der Waals surface area contributed by atoms with Gasteiger partial charge in [-0.1, -0.05) is 24.3 Å². The summed E-state index contributed by atoms with van der Waals surface area (Å²) in [7, 11) is -6.98. The van der Waals surface area contributed by atoms with Gasteiger partial charge in [0, 0.05) is 121 Å². The van der Waals surface area contributed by atoms with E-state index in [0.29, 0.717) is 63.9 Å². The highest BCUT2D eigenvalue weighted by molar-refractivity contribution is 8.00. The first-order chi connectivity index (χ1) is 24.2. The Morgan fingerprint density at radius 2 is 0.720 bits per heavy atom. The third-order valence-corrected chi connectivity index (χ3v) is 16.1. The lowest BCUT2D eigenvalue weighted by Gasteiger charge is -2.37. The molecule has 0 spiro atoms. The van der Waals surface area contributed by atoms with Crippen molar-refractivity contribution >= 4 is 142 Å². The Labute approximate surface area is 346 Å². The molecule has 8 nitrogen and oxygen atoms in total. The zero-order valence-electron chi connectivity index (χ0n) is 27.8. The zero-order chi connectivity index (χ0) is 36.8. The van der Waals surface area contributed by atoms with Gasteiger partial charge in [0.15, 0.2) is 0 Å². The van der Waals surface area contributed by atoms with Gasteiger partial charge in [0.2, 0.25) is 0 Å². The van der Waals surface area contributed by atoms with Crippen molar-refractivity contribution in [1.29, 1.82) is 0 Å². The van der Waals surface area contributed by atoms with Crippen LogP contribution in [0.25, 0.3) is 10.8 Å². The molecule has 0 aliphatic heterocycles. The van der Waals surface area contributed by atoms with E-state index in [2.05, 4.69) is 24.3 Å². The topological polar surface area (TPSA) is 65.6 Å². The van der Waals surface area contributed by atoms with Crippen LogP contribution < -0.4 is 0 Å². The predicted octanol–water partition coefficient (Wildman–Crippen LogP) is 10.4. The van der Waals surface area contributed by atoms with Gasteiger partial charge in [-0.05, 0) is 22.9 Å². The second-order valence-corrected chi connectivity index (χ2v) is 20.3. The first kappa shape index (κ1) is 48.1. The fraction of sp³-hybridized carbons (Fsp3) is 0.667. The van der Waals surface area contributed by atoms with Crippen LogP contribution in [0.1, 0.15) is 0 Å². The van der Waals surface area contributed by atoms with E-state index in [1.54, 1.807) is 42.2 Å². The number of fused-ring (bicyclic) bond motifs is 1. The van der Waals surface area contributed by atoms with Gasteiger partial charge in [-0.3, -0.25) is 9.13 Å². The Balaban J connectivity index is 2.18. The van der Waals surface area contributed by atoms with Gasteiger partial charge in [0.1, 0.15) is 0 Å². The van der Waals surface area contributed by atoms with E-state index in [1.807, 2.05) is 12.1 Å². The van der Waals surface area contributed by atoms with Gasteiger partial charge >= 0.3 is 15.3 Å². The fourth-order valence-electron chi connectivity index (χ4n) is 5.04. The largest absolute Gasteiger partial charge is 0.346 e. The highest BCUT2D eigenvalue weighted by Gasteiger charge is 2.39. The van der Waals surface area contributed by atoms with E-state index in [-0.39, 0.29) is 60.3 Å². The van der Waals surface area contributed by atoms with Crippen molar-refractivity contribution in [2.45, 2.75) is 9.79 Å². The van der Waals surface area contributed by atoms with E-state index in [4.69, 9.17) is 102 Å². The third kappa shape index (κ3) is 14.8. The van der Waals surface area contributed by atoms with Crippen molar-refractivity contribution < 1.29 is 18.2 Å². The van der Waals surface area contributed by atoms with Crippen LogP contribution in [0.3, 0.4) is 0 Å². The highest BCUT2D eigenvalue weighted by atomic mass is 35.5. The second kappa shape index (κ2) is 27.5. The summed E-state index contributed by atoms with van der Waals surface area (Å²) in [5.41, 5.74) is 0. The number of benzene rings is 2. The molecule has 50 heavy (non-hydrogen) atoms. The average Bonchev–Trinajstić information content (AvgIpc) is 3.11. The smallest absolute Gasteiger partial charge is 0.305 e. The number of hydrogen-bond donors (Lipinski definition) is 0. The van der Waals surface area contributed by atoms with Crippen LogP contribution in [-0.2, 0) is 18.2 Å². The van der Waals surface area contributed by atoms with Crippen molar-refractivity contribution in [3.63, 3.8) is 0 Å². The summed E-state index contributed by atoms with van der Waals surface area (Å²) in [6, 6.07) is 12.3. The minimum Gasteiger partial charge on any atom is -0.305 e. The molecule has 0 aliphatic carbocycles. The summed E-state index contributed by atoms with van der Waals surface area (Å²) >= 11 is 51.7. The minimum absolute atomic E-state index is 0.223. The zero-order valence-corrected chi connectivity index (χ0v) is 37.2. The van der Waals surface area contributed by atoms with E-state index in [1.165, 1.54) is 0 Å². The van der Waals surface area contributed by atoms with Gasteiger partial charge in [-0.2, -0.15) is 0 Å². The van der Waals surface area contributed by atoms with E-state index < -0.39 is 15.3 Å². The standard InChI is InChI=1S/C30H46Cl8N4O4P2S2/c31-7-15-39(16-8-32)47(43,40(17-9-33)18-10-34)45-23-25-49-29-5-1-3-27-28(29)4-2-6-30(27)50-26-24-46-48(44,41(19-11-35)20-12-36)42(21-13-37)22-14-38/h1-6H,7-26H2. The van der Waals surface area contributed by atoms with Crippen LogP contribution >= 0.6 is 132 Å². The van der Waals surface area contributed by atoms with Crippen LogP contribution in [-0.4, -0.2) is 143 Å². The van der Waals surface area contributed by atoms with Crippen molar-refractivity contribution in [2.75, 3.05) is 124 Å². The number of thioether (sulfide) groups is 2. The summed E-state index contributed by atoms with van der Waals surface area (Å²) in [4.78, 5) is 2.13. The summed E-state index contributed by atoms with van der Waals surface area (Å²) < 4.78 is 47.9. The van der Waals surface area contributed by atoms with Gasteiger partial charge in [0.25, 0.3) is 0 Å². The molecule has 2 aromatic rings. The van der Waals surface area contributed by atoms with Crippen LogP contribution in [0, 0.1) is 0 Å². The van der Waals surface area contributed by atoms with E-state index >= 15 is 0 Å². The average molecular weight is 936 g/mol. The van der Waals surface area contributed by atoms with Crippen LogP contribution in [0.4, 0.5) is 0 Å². The first-order valence-electron chi connectivity index (χ1n) is 16.0. The predicted molar refractivity (Wildman–Crippen MR) is 225 cm³/mol. The van der Waals surface area contributed by atoms with E-state index in [0.717, 1.165) is 20.6 Å². The molecule has 0 radical (unpaired) electrons. The molecule has 0 aromatic heterocycles. The Morgan fingerprint density at radius 3 is 0.960 bits per heavy atom. The fourth-order valence-corrected chi connectivity index (χ4v) is 14.5. The first-order valence-corrected chi connectivity index (χ1v) is 25.3. The summed E-state index contributed by atoms with van der Waals surface area (Å²) in [6.45, 7) is 3.26. The molecule has 0 saturated carbocycles. The number of nitrogens with zero attached hydrogens (tertiary/aromatic N) is 4. The Hall–Kier alpha value is 1.94. The normalized spacial score (nSPS) is 12.8. The summed E-state index contributed by atoms with van der Waals surface area (Å²) in [5, 5.41) is 2.17. The van der Waals surface area contributed by atoms with Gasteiger partial charge in [0.05, 0.1) is 13.2 Å².